The van der Waals surface area contributed by atoms with E-state index in [2.05, 4.69) is 27.8 Å². The van der Waals surface area contributed by atoms with Crippen molar-refractivity contribution in [1.29, 1.82) is 5.41 Å². The van der Waals surface area contributed by atoms with Crippen molar-refractivity contribution < 1.29 is 0 Å². The topological polar surface area (TPSA) is 66.9 Å². The van der Waals surface area contributed by atoms with E-state index in [1.807, 2.05) is 19.1 Å². The smallest absolute Gasteiger partial charge is 0.188 e. The second kappa shape index (κ2) is 5.45. The van der Waals surface area contributed by atoms with Crippen molar-refractivity contribution in [2.75, 3.05) is 6.54 Å². The van der Waals surface area contributed by atoms with Crippen molar-refractivity contribution in [1.82, 2.24) is 14.8 Å². The van der Waals surface area contributed by atoms with Crippen LogP contribution in [0.1, 0.15) is 12.7 Å². The molecule has 6 heteroatoms. The van der Waals surface area contributed by atoms with Crippen molar-refractivity contribution in [3.63, 3.8) is 0 Å². The summed E-state index contributed by atoms with van der Waals surface area (Å²) in [6.07, 6.45) is 5.29. The van der Waals surface area contributed by atoms with Gasteiger partial charge in [-0.1, -0.05) is 12.2 Å². The third kappa shape index (κ3) is 3.02. The lowest BCUT2D eigenvalue weighted by atomic mass is 10.4. The van der Waals surface area contributed by atoms with Crippen molar-refractivity contribution >= 4 is 24.6 Å². The fourth-order valence-electron chi connectivity index (χ4n) is 0.924. The molecule has 0 bridgehead atoms. The first kappa shape index (κ1) is 11.6. The van der Waals surface area contributed by atoms with Gasteiger partial charge < -0.3 is 4.57 Å². The number of nitrogens with zero attached hydrogens (tertiary/aromatic N) is 4. The predicted octanol–water partition coefficient (Wildman–Crippen LogP) is 1.12. The van der Waals surface area contributed by atoms with Gasteiger partial charge in [0.2, 0.25) is 0 Å². The lowest BCUT2D eigenvalue weighted by molar-refractivity contribution is 0.787. The Morgan fingerprint density at radius 1 is 1.60 bits per heavy atom. The minimum atomic E-state index is 0.231. The molecule has 0 saturated heterocycles. The standard InChI is InChI=1S/C9H13N5S/c1-3-4-5-11-6-7(10)8-12-13-9(15)14(8)2/h3-4,6,10H,5H2,1-2H3,(H,13,15)/b4-3-,10-7?,11-6-. The molecule has 0 radical (unpaired) electrons. The minimum absolute atomic E-state index is 0.231. The van der Waals surface area contributed by atoms with Crippen LogP contribution in [0, 0.1) is 5.41 Å². The average molecular weight is 223 g/mol. The van der Waals surface area contributed by atoms with Crippen molar-refractivity contribution in [2.24, 2.45) is 12.0 Å². The number of hydrogen-bond donors (Lipinski definition) is 2. The monoisotopic (exact) mass is 223 g/mol. The number of aliphatic imine (C=N–C) groups is 1. The molecule has 0 aliphatic heterocycles. The first-order valence-corrected chi connectivity index (χ1v) is 4.89. The van der Waals surface area contributed by atoms with E-state index in [0.29, 0.717) is 17.5 Å². The second-order valence-electron chi connectivity index (χ2n) is 2.86. The summed E-state index contributed by atoms with van der Waals surface area (Å²) in [5, 5.41) is 15.7. The van der Waals surface area contributed by atoms with Crippen molar-refractivity contribution in [3.05, 3.63) is 18.0 Å². The zero-order valence-electron chi connectivity index (χ0n) is 8.68. The van der Waals surface area contributed by atoms with E-state index in [4.69, 9.17) is 5.41 Å². The van der Waals surface area contributed by atoms with Gasteiger partial charge in [-0.25, -0.2) is 0 Å². The van der Waals surface area contributed by atoms with Gasteiger partial charge >= 0.3 is 0 Å². The third-order valence-corrected chi connectivity index (χ3v) is 2.15. The van der Waals surface area contributed by atoms with Gasteiger partial charge in [-0.15, -0.1) is 22.8 Å². The van der Waals surface area contributed by atoms with Gasteiger partial charge in [-0.3, -0.25) is 10.4 Å². The zero-order valence-corrected chi connectivity index (χ0v) is 9.57. The van der Waals surface area contributed by atoms with E-state index in [-0.39, 0.29) is 5.71 Å². The van der Waals surface area contributed by atoms with E-state index in [1.54, 1.807) is 11.6 Å². The Labute approximate surface area is 93.9 Å². The predicted molar refractivity (Wildman–Crippen MR) is 63.3 cm³/mol. The van der Waals surface area contributed by atoms with E-state index in [9.17, 15) is 0 Å². The van der Waals surface area contributed by atoms with Gasteiger partial charge in [0, 0.05) is 7.05 Å². The molecule has 1 N–H and O–H groups in total. The maximum atomic E-state index is 7.69. The van der Waals surface area contributed by atoms with Crippen LogP contribution in [-0.4, -0.2) is 33.2 Å². The van der Waals surface area contributed by atoms with Crippen LogP contribution in [0.15, 0.2) is 22.3 Å². The molecule has 5 nitrogen and oxygen atoms in total. The quantitative estimate of drug-likeness (QED) is 0.456. The molecule has 0 atom stereocenters. The minimum Gasteiger partial charge on any atom is -0.304 e. The van der Waals surface area contributed by atoms with E-state index >= 15 is 0 Å². The lowest BCUT2D eigenvalue weighted by Crippen LogP contribution is -2.09. The highest BCUT2D eigenvalue weighted by molar-refractivity contribution is 7.80. The highest BCUT2D eigenvalue weighted by atomic mass is 32.1. The Morgan fingerprint density at radius 3 is 2.87 bits per heavy atom. The first-order chi connectivity index (χ1) is 7.16. The van der Waals surface area contributed by atoms with Gasteiger partial charge in [-0.05, 0) is 6.92 Å². The molecule has 0 aromatic carbocycles. The summed E-state index contributed by atoms with van der Waals surface area (Å²) in [6, 6.07) is 0. The SMILES string of the molecule is C/C=C\C/N=C\C(=N)c1nnc(S)n1C. The summed E-state index contributed by atoms with van der Waals surface area (Å²) >= 11 is 4.07. The normalized spacial score (nSPS) is 11.7. The van der Waals surface area contributed by atoms with Gasteiger partial charge in [0.05, 0.1) is 12.8 Å². The number of rotatable bonds is 4. The van der Waals surface area contributed by atoms with Crippen LogP contribution < -0.4 is 0 Å². The maximum absolute atomic E-state index is 7.69. The van der Waals surface area contributed by atoms with Crippen LogP contribution in [-0.2, 0) is 7.05 Å². The van der Waals surface area contributed by atoms with Gasteiger partial charge in [0.25, 0.3) is 0 Å². The number of nitrogens with one attached hydrogen (secondary N) is 1. The maximum Gasteiger partial charge on any atom is 0.188 e. The first-order valence-electron chi connectivity index (χ1n) is 4.45. The van der Waals surface area contributed by atoms with E-state index in [0.717, 1.165) is 0 Å². The molecule has 80 valence electrons. The summed E-state index contributed by atoms with van der Waals surface area (Å²) in [6.45, 7) is 2.50. The molecule has 0 aliphatic rings. The Morgan fingerprint density at radius 2 is 2.33 bits per heavy atom. The number of thiol groups is 1. The van der Waals surface area contributed by atoms with Gasteiger partial charge in [-0.2, -0.15) is 0 Å². The molecular formula is C9H13N5S. The molecule has 1 rings (SSSR count). The molecule has 15 heavy (non-hydrogen) atoms. The number of allylic oxidation sites excluding steroid dienone is 1. The largest absolute Gasteiger partial charge is 0.304 e. The summed E-state index contributed by atoms with van der Waals surface area (Å²) in [4.78, 5) is 4.05. The van der Waals surface area contributed by atoms with Crippen LogP contribution in [0.3, 0.4) is 0 Å². The van der Waals surface area contributed by atoms with E-state index in [1.165, 1.54) is 6.21 Å². The Kier molecular flexibility index (Phi) is 4.23. The fraction of sp³-hybridized carbons (Fsp3) is 0.333. The highest BCUT2D eigenvalue weighted by Gasteiger charge is 2.08. The summed E-state index contributed by atoms with van der Waals surface area (Å²) < 4.78 is 1.63. The van der Waals surface area contributed by atoms with Crippen LogP contribution in [0.2, 0.25) is 0 Å². The highest BCUT2D eigenvalue weighted by Crippen LogP contribution is 2.02. The molecule has 0 aliphatic carbocycles. The molecule has 0 spiro atoms. The second-order valence-corrected chi connectivity index (χ2v) is 3.26. The van der Waals surface area contributed by atoms with Gasteiger partial charge in [0.15, 0.2) is 11.0 Å². The van der Waals surface area contributed by atoms with E-state index < -0.39 is 0 Å². The van der Waals surface area contributed by atoms with Crippen LogP contribution in [0.4, 0.5) is 0 Å². The fourth-order valence-corrected chi connectivity index (χ4v) is 1.06. The average Bonchev–Trinajstić information content (AvgIpc) is 2.55. The molecule has 0 unspecified atom stereocenters. The molecule has 0 saturated carbocycles. The van der Waals surface area contributed by atoms with Crippen molar-refractivity contribution in [3.8, 4) is 0 Å². The summed E-state index contributed by atoms with van der Waals surface area (Å²) in [5.74, 6) is 0.462. The van der Waals surface area contributed by atoms with Crippen molar-refractivity contribution in [2.45, 2.75) is 12.1 Å². The molecular weight excluding hydrogens is 210 g/mol. The Bertz CT molecular complexity index is 405. The van der Waals surface area contributed by atoms with Gasteiger partial charge in [0.1, 0.15) is 5.71 Å². The molecule has 1 aromatic rings. The molecule has 0 fully saturated rings. The van der Waals surface area contributed by atoms with Crippen LogP contribution in [0.25, 0.3) is 0 Å². The Hall–Kier alpha value is -1.43. The molecule has 0 amide bonds. The molecule has 1 heterocycles. The number of hydrogen-bond acceptors (Lipinski definition) is 5. The summed E-state index contributed by atoms with van der Waals surface area (Å²) in [5.41, 5.74) is 0.231. The zero-order chi connectivity index (χ0) is 11.3. The lowest BCUT2D eigenvalue weighted by Gasteiger charge is -1.97. The summed E-state index contributed by atoms with van der Waals surface area (Å²) in [7, 11) is 1.76. The third-order valence-electron chi connectivity index (χ3n) is 1.76. The van der Waals surface area contributed by atoms with Crippen LogP contribution in [0.5, 0.6) is 0 Å². The molecule has 1 aromatic heterocycles. The number of aromatic nitrogens is 3. The Balaban J connectivity index is 2.69. The van der Waals surface area contributed by atoms with Crippen LogP contribution >= 0.6 is 12.6 Å².